The first-order valence-corrected chi connectivity index (χ1v) is 4.48. The van der Waals surface area contributed by atoms with Crippen molar-refractivity contribution in [1.29, 1.82) is 0 Å². The van der Waals surface area contributed by atoms with Crippen molar-refractivity contribution >= 4 is 23.7 Å². The largest absolute Gasteiger partial charge is 0.476 e. The molecule has 0 amide bonds. The van der Waals surface area contributed by atoms with Gasteiger partial charge in [0.05, 0.1) is 6.42 Å². The van der Waals surface area contributed by atoms with Crippen LogP contribution in [0.4, 0.5) is 0 Å². The monoisotopic (exact) mass is 232 g/mol. The smallest absolute Gasteiger partial charge is 0.372 e. The number of Topliss-reactive ketones (excluding diaryl/α,β-unsaturated/α-hetero) is 1. The SMILES string of the molecule is CC(=O)OCCOC(=O)CCC(=O)C(=O)O. The predicted octanol–water partition coefficient (Wildman–Crippen LogP) is -0.473. The van der Waals surface area contributed by atoms with Crippen LogP contribution >= 0.6 is 0 Å². The van der Waals surface area contributed by atoms with Crippen LogP contribution in [0.25, 0.3) is 0 Å². The van der Waals surface area contributed by atoms with E-state index in [0.29, 0.717) is 0 Å². The van der Waals surface area contributed by atoms with E-state index in [2.05, 4.69) is 9.47 Å². The van der Waals surface area contributed by atoms with Gasteiger partial charge in [-0.25, -0.2) is 4.79 Å². The first-order valence-electron chi connectivity index (χ1n) is 4.48. The van der Waals surface area contributed by atoms with E-state index in [9.17, 15) is 19.2 Å². The number of rotatable bonds is 7. The second kappa shape index (κ2) is 7.38. The molecule has 7 nitrogen and oxygen atoms in total. The molecule has 0 aromatic heterocycles. The van der Waals surface area contributed by atoms with Crippen LogP contribution in [0.5, 0.6) is 0 Å². The van der Waals surface area contributed by atoms with Crippen molar-refractivity contribution in [2.24, 2.45) is 0 Å². The molecule has 0 aromatic rings. The highest BCUT2D eigenvalue weighted by Gasteiger charge is 2.14. The van der Waals surface area contributed by atoms with E-state index in [1.165, 1.54) is 6.92 Å². The average Bonchev–Trinajstić information content (AvgIpc) is 2.20. The van der Waals surface area contributed by atoms with Gasteiger partial charge in [0, 0.05) is 13.3 Å². The lowest BCUT2D eigenvalue weighted by molar-refractivity contribution is -0.153. The van der Waals surface area contributed by atoms with Gasteiger partial charge in [0.25, 0.3) is 0 Å². The number of hydrogen-bond acceptors (Lipinski definition) is 6. The van der Waals surface area contributed by atoms with Crippen molar-refractivity contribution in [3.8, 4) is 0 Å². The molecule has 0 aliphatic carbocycles. The minimum absolute atomic E-state index is 0.0616. The van der Waals surface area contributed by atoms with Crippen LogP contribution in [-0.2, 0) is 28.7 Å². The number of carboxylic acid groups (broad SMARTS) is 1. The van der Waals surface area contributed by atoms with Gasteiger partial charge in [-0.2, -0.15) is 0 Å². The Morgan fingerprint density at radius 1 is 1.00 bits per heavy atom. The van der Waals surface area contributed by atoms with Crippen molar-refractivity contribution in [3.05, 3.63) is 0 Å². The fourth-order valence-corrected chi connectivity index (χ4v) is 0.736. The number of carbonyl (C=O) groups excluding carboxylic acids is 3. The summed E-state index contributed by atoms with van der Waals surface area (Å²) in [6, 6.07) is 0. The Bertz CT molecular complexity index is 294. The molecule has 1 N–H and O–H groups in total. The summed E-state index contributed by atoms with van der Waals surface area (Å²) in [6.45, 7) is 1.04. The lowest BCUT2D eigenvalue weighted by atomic mass is 10.2. The summed E-state index contributed by atoms with van der Waals surface area (Å²) >= 11 is 0. The molecule has 0 bridgehead atoms. The summed E-state index contributed by atoms with van der Waals surface area (Å²) in [4.78, 5) is 41.9. The van der Waals surface area contributed by atoms with E-state index in [0.717, 1.165) is 0 Å². The third-order valence-corrected chi connectivity index (χ3v) is 1.45. The fraction of sp³-hybridized carbons (Fsp3) is 0.556. The van der Waals surface area contributed by atoms with Gasteiger partial charge < -0.3 is 14.6 Å². The molecule has 0 aliphatic heterocycles. The van der Waals surface area contributed by atoms with Crippen molar-refractivity contribution in [2.45, 2.75) is 19.8 Å². The molecule has 0 rings (SSSR count). The number of aliphatic carboxylic acids is 1. The Morgan fingerprint density at radius 2 is 1.56 bits per heavy atom. The summed E-state index contributed by atoms with van der Waals surface area (Å²) in [7, 11) is 0. The zero-order valence-corrected chi connectivity index (χ0v) is 8.73. The van der Waals surface area contributed by atoms with Crippen molar-refractivity contribution in [3.63, 3.8) is 0 Å². The molecule has 0 fully saturated rings. The number of carboxylic acids is 1. The summed E-state index contributed by atoms with van der Waals surface area (Å²) in [5.41, 5.74) is 0. The molecule has 7 heteroatoms. The van der Waals surface area contributed by atoms with Gasteiger partial charge in [-0.1, -0.05) is 0 Å². The lowest BCUT2D eigenvalue weighted by Crippen LogP contribution is -2.16. The Hall–Kier alpha value is -1.92. The van der Waals surface area contributed by atoms with E-state index in [-0.39, 0.29) is 19.6 Å². The standard InChI is InChI=1S/C9H12O7/c1-6(10)15-4-5-16-8(12)3-2-7(11)9(13)14/h2-5H2,1H3,(H,13,14). The highest BCUT2D eigenvalue weighted by atomic mass is 16.6. The first-order chi connectivity index (χ1) is 7.43. The molecule has 0 aromatic carbocycles. The average molecular weight is 232 g/mol. The molecular formula is C9H12O7. The normalized spacial score (nSPS) is 9.31. The molecule has 90 valence electrons. The quantitative estimate of drug-likeness (QED) is 0.359. The lowest BCUT2D eigenvalue weighted by Gasteiger charge is -2.03. The van der Waals surface area contributed by atoms with Crippen molar-refractivity contribution in [2.75, 3.05) is 13.2 Å². The van der Waals surface area contributed by atoms with Crippen LogP contribution in [0, 0.1) is 0 Å². The Morgan fingerprint density at radius 3 is 2.06 bits per heavy atom. The summed E-state index contributed by atoms with van der Waals surface area (Å²) in [5.74, 6) is -3.82. The van der Waals surface area contributed by atoms with Crippen LogP contribution in [0.2, 0.25) is 0 Å². The highest BCUT2D eigenvalue weighted by Crippen LogP contribution is 1.95. The molecule has 16 heavy (non-hydrogen) atoms. The van der Waals surface area contributed by atoms with Gasteiger partial charge in [0.15, 0.2) is 0 Å². The van der Waals surface area contributed by atoms with Gasteiger partial charge in [-0.3, -0.25) is 14.4 Å². The summed E-state index contributed by atoms with van der Waals surface area (Å²) < 4.78 is 9.04. The van der Waals surface area contributed by atoms with Gasteiger partial charge >= 0.3 is 17.9 Å². The maximum atomic E-state index is 10.9. The number of ether oxygens (including phenoxy) is 2. The number of carbonyl (C=O) groups is 4. The van der Waals surface area contributed by atoms with Crippen LogP contribution in [-0.4, -0.2) is 42.0 Å². The number of hydrogen-bond donors (Lipinski definition) is 1. The second-order valence-corrected chi connectivity index (χ2v) is 2.79. The van der Waals surface area contributed by atoms with E-state index < -0.39 is 30.1 Å². The Labute approximate surface area is 91.3 Å². The first kappa shape index (κ1) is 14.1. The third kappa shape index (κ3) is 7.48. The third-order valence-electron chi connectivity index (χ3n) is 1.45. The molecule has 0 saturated carbocycles. The molecule has 0 heterocycles. The Balaban J connectivity index is 3.56. The van der Waals surface area contributed by atoms with Crippen molar-refractivity contribution < 1.29 is 33.8 Å². The van der Waals surface area contributed by atoms with Gasteiger partial charge in [-0.15, -0.1) is 0 Å². The molecule has 0 saturated heterocycles. The molecule has 0 spiro atoms. The number of ketones is 1. The number of esters is 2. The maximum absolute atomic E-state index is 10.9. The van der Waals surface area contributed by atoms with Crippen molar-refractivity contribution in [1.82, 2.24) is 0 Å². The van der Waals surface area contributed by atoms with Crippen LogP contribution < -0.4 is 0 Å². The summed E-state index contributed by atoms with van der Waals surface area (Å²) in [5, 5.41) is 8.21. The zero-order valence-electron chi connectivity index (χ0n) is 8.73. The van der Waals surface area contributed by atoms with E-state index in [1.807, 2.05) is 0 Å². The van der Waals surface area contributed by atoms with E-state index >= 15 is 0 Å². The summed E-state index contributed by atoms with van der Waals surface area (Å²) in [6.07, 6.45) is -0.701. The van der Waals surface area contributed by atoms with Crippen LogP contribution in [0.3, 0.4) is 0 Å². The van der Waals surface area contributed by atoms with E-state index in [1.54, 1.807) is 0 Å². The maximum Gasteiger partial charge on any atom is 0.372 e. The topological polar surface area (TPSA) is 107 Å². The van der Waals surface area contributed by atoms with Crippen LogP contribution in [0.1, 0.15) is 19.8 Å². The molecule has 0 atom stereocenters. The van der Waals surface area contributed by atoms with Gasteiger partial charge in [0.1, 0.15) is 13.2 Å². The Kier molecular flexibility index (Phi) is 6.50. The zero-order chi connectivity index (χ0) is 12.6. The molecule has 0 radical (unpaired) electrons. The van der Waals surface area contributed by atoms with Crippen LogP contribution in [0.15, 0.2) is 0 Å². The van der Waals surface area contributed by atoms with E-state index in [4.69, 9.17) is 5.11 Å². The predicted molar refractivity (Wildman–Crippen MR) is 49.5 cm³/mol. The molecule has 0 unspecified atom stereocenters. The highest BCUT2D eigenvalue weighted by molar-refractivity contribution is 6.32. The minimum atomic E-state index is -1.58. The minimum Gasteiger partial charge on any atom is -0.476 e. The van der Waals surface area contributed by atoms with Gasteiger partial charge in [-0.05, 0) is 0 Å². The second-order valence-electron chi connectivity index (χ2n) is 2.79. The molecule has 0 aliphatic rings. The fourth-order valence-electron chi connectivity index (χ4n) is 0.736. The van der Waals surface area contributed by atoms with Gasteiger partial charge in [0.2, 0.25) is 5.78 Å². The molecular weight excluding hydrogens is 220 g/mol.